The lowest BCUT2D eigenvalue weighted by atomic mass is 10.1. The maximum Gasteiger partial charge on any atom is 0.266 e. The van der Waals surface area contributed by atoms with Crippen LogP contribution in [0.3, 0.4) is 0 Å². The minimum Gasteiger partial charge on any atom is -0.359 e. The zero-order chi connectivity index (χ0) is 14.5. The Morgan fingerprint density at radius 2 is 2.00 bits per heavy atom. The summed E-state index contributed by atoms with van der Waals surface area (Å²) in [6.45, 7) is 0. The van der Waals surface area contributed by atoms with E-state index in [2.05, 4.69) is 26.6 Å². The van der Waals surface area contributed by atoms with Crippen molar-refractivity contribution in [3.05, 3.63) is 50.6 Å². The fraction of sp³-hybridized carbons (Fsp3) is 0.143. The van der Waals surface area contributed by atoms with Crippen molar-refractivity contribution in [2.45, 2.75) is 6.42 Å². The molecule has 6 heteroatoms. The molecule has 2 rings (SSSR count). The highest BCUT2D eigenvalue weighted by molar-refractivity contribution is 9.10. The molecule has 0 unspecified atom stereocenters. The van der Waals surface area contributed by atoms with Crippen LogP contribution in [-0.2, 0) is 11.2 Å². The molecular formula is C14H13BrN2O2S. The molecule has 0 bridgehead atoms. The zero-order valence-corrected chi connectivity index (χ0v) is 13.2. The van der Waals surface area contributed by atoms with Crippen LogP contribution < -0.4 is 10.6 Å². The molecule has 0 saturated carbocycles. The third-order valence-corrected chi connectivity index (χ3v) is 4.56. The molecule has 0 radical (unpaired) electrons. The summed E-state index contributed by atoms with van der Waals surface area (Å²) < 4.78 is 0.767. The number of amides is 2. The molecule has 0 spiro atoms. The van der Waals surface area contributed by atoms with Gasteiger partial charge in [0.05, 0.1) is 6.42 Å². The van der Waals surface area contributed by atoms with Gasteiger partial charge in [-0.1, -0.05) is 18.2 Å². The van der Waals surface area contributed by atoms with Crippen molar-refractivity contribution in [3.8, 4) is 0 Å². The highest BCUT2D eigenvalue weighted by atomic mass is 79.9. The van der Waals surface area contributed by atoms with Crippen LogP contribution in [0.2, 0.25) is 0 Å². The molecule has 20 heavy (non-hydrogen) atoms. The molecule has 104 valence electrons. The number of nitrogens with one attached hydrogen (secondary N) is 2. The number of halogens is 1. The van der Waals surface area contributed by atoms with E-state index in [0.29, 0.717) is 10.6 Å². The third kappa shape index (κ3) is 3.46. The van der Waals surface area contributed by atoms with Crippen molar-refractivity contribution in [3.63, 3.8) is 0 Å². The minimum absolute atomic E-state index is 0.0935. The predicted molar refractivity (Wildman–Crippen MR) is 84.2 cm³/mol. The van der Waals surface area contributed by atoms with E-state index >= 15 is 0 Å². The van der Waals surface area contributed by atoms with Crippen molar-refractivity contribution >= 4 is 44.8 Å². The fourth-order valence-electron chi connectivity index (χ4n) is 1.69. The van der Waals surface area contributed by atoms with E-state index in [0.717, 1.165) is 10.0 Å². The average molecular weight is 353 g/mol. The van der Waals surface area contributed by atoms with Gasteiger partial charge in [-0.3, -0.25) is 9.59 Å². The highest BCUT2D eigenvalue weighted by Gasteiger charge is 2.14. The Bertz CT molecular complexity index is 640. The molecule has 0 aliphatic carbocycles. The second kappa shape index (κ2) is 6.67. The van der Waals surface area contributed by atoms with E-state index in [-0.39, 0.29) is 18.2 Å². The van der Waals surface area contributed by atoms with Crippen LogP contribution >= 0.6 is 27.3 Å². The first kappa shape index (κ1) is 14.7. The monoisotopic (exact) mass is 352 g/mol. The second-order valence-electron chi connectivity index (χ2n) is 4.06. The van der Waals surface area contributed by atoms with Crippen LogP contribution in [0, 0.1) is 0 Å². The molecule has 4 nitrogen and oxygen atoms in total. The largest absolute Gasteiger partial charge is 0.359 e. The van der Waals surface area contributed by atoms with Gasteiger partial charge in [0.2, 0.25) is 5.91 Å². The van der Waals surface area contributed by atoms with Crippen molar-refractivity contribution in [1.82, 2.24) is 5.32 Å². The smallest absolute Gasteiger partial charge is 0.266 e. The van der Waals surface area contributed by atoms with E-state index in [1.165, 1.54) is 11.3 Å². The number of likely N-dealkylation sites (N-methyl/N-ethyl adjacent to an activating group) is 1. The molecule has 0 saturated heterocycles. The van der Waals surface area contributed by atoms with Gasteiger partial charge in [0.15, 0.2) is 0 Å². The first-order valence-corrected chi connectivity index (χ1v) is 7.62. The lowest BCUT2D eigenvalue weighted by Gasteiger charge is -2.10. The molecule has 0 aliphatic heterocycles. The van der Waals surface area contributed by atoms with Crippen LogP contribution in [0.5, 0.6) is 0 Å². The number of thiophene rings is 1. The summed E-state index contributed by atoms with van der Waals surface area (Å²) in [7, 11) is 1.59. The quantitative estimate of drug-likeness (QED) is 0.888. The number of benzene rings is 1. The standard InChI is InChI=1S/C14H13BrN2O2S/c1-16-12(18)8-9-4-2-3-5-11(9)17-14(19)13-10(15)6-7-20-13/h2-7H,8H2,1H3,(H,16,18)(H,17,19). The van der Waals surface area contributed by atoms with Gasteiger partial charge in [0.1, 0.15) is 4.88 Å². The number of anilines is 1. The molecule has 2 aromatic rings. The number of hydrogen-bond donors (Lipinski definition) is 2. The van der Waals surface area contributed by atoms with Gasteiger partial charge < -0.3 is 10.6 Å². The van der Waals surface area contributed by atoms with Crippen molar-refractivity contribution in [2.75, 3.05) is 12.4 Å². The van der Waals surface area contributed by atoms with E-state index in [4.69, 9.17) is 0 Å². The summed E-state index contributed by atoms with van der Waals surface area (Å²) in [5.41, 5.74) is 1.44. The number of rotatable bonds is 4. The van der Waals surface area contributed by atoms with Gasteiger partial charge in [-0.2, -0.15) is 0 Å². The second-order valence-corrected chi connectivity index (χ2v) is 5.83. The van der Waals surface area contributed by atoms with E-state index in [1.54, 1.807) is 13.1 Å². The Morgan fingerprint density at radius 1 is 1.25 bits per heavy atom. The normalized spacial score (nSPS) is 10.1. The summed E-state index contributed by atoms with van der Waals surface area (Å²) in [5.74, 6) is -0.278. The molecule has 1 aromatic heterocycles. The van der Waals surface area contributed by atoms with Crippen LogP contribution in [0.1, 0.15) is 15.2 Å². The van der Waals surface area contributed by atoms with Crippen LogP contribution in [-0.4, -0.2) is 18.9 Å². The highest BCUT2D eigenvalue weighted by Crippen LogP contribution is 2.24. The summed E-state index contributed by atoms with van der Waals surface area (Å²) in [6, 6.07) is 9.11. The average Bonchev–Trinajstić information content (AvgIpc) is 2.87. The lowest BCUT2D eigenvalue weighted by Crippen LogP contribution is -2.21. The maximum absolute atomic E-state index is 12.2. The number of carbonyl (C=O) groups excluding carboxylic acids is 2. The Morgan fingerprint density at radius 3 is 2.65 bits per heavy atom. The Hall–Kier alpha value is -1.66. The minimum atomic E-state index is -0.184. The first-order valence-electron chi connectivity index (χ1n) is 5.94. The third-order valence-electron chi connectivity index (χ3n) is 2.72. The molecular weight excluding hydrogens is 340 g/mol. The van der Waals surface area contributed by atoms with Gasteiger partial charge in [-0.15, -0.1) is 11.3 Å². The van der Waals surface area contributed by atoms with Crippen molar-refractivity contribution in [1.29, 1.82) is 0 Å². The molecule has 0 atom stereocenters. The van der Waals surface area contributed by atoms with Crippen molar-refractivity contribution in [2.24, 2.45) is 0 Å². The number of hydrogen-bond acceptors (Lipinski definition) is 3. The zero-order valence-electron chi connectivity index (χ0n) is 10.8. The van der Waals surface area contributed by atoms with E-state index in [1.807, 2.05) is 29.6 Å². The molecule has 1 aromatic carbocycles. The molecule has 0 fully saturated rings. The summed E-state index contributed by atoms with van der Waals surface area (Å²) in [6.07, 6.45) is 0.235. The SMILES string of the molecule is CNC(=O)Cc1ccccc1NC(=O)c1sccc1Br. The molecule has 1 heterocycles. The summed E-state index contributed by atoms with van der Waals surface area (Å²) in [5, 5.41) is 7.26. The Kier molecular flexibility index (Phi) is 4.92. The van der Waals surface area contributed by atoms with Crippen LogP contribution in [0.25, 0.3) is 0 Å². The first-order chi connectivity index (χ1) is 9.61. The predicted octanol–water partition coefficient (Wildman–Crippen LogP) is 3.05. The number of para-hydroxylation sites is 1. The topological polar surface area (TPSA) is 58.2 Å². The fourth-order valence-corrected chi connectivity index (χ4v) is 3.14. The molecule has 2 amide bonds. The maximum atomic E-state index is 12.2. The number of carbonyl (C=O) groups is 2. The van der Waals surface area contributed by atoms with Gasteiger partial charge in [0.25, 0.3) is 5.91 Å². The van der Waals surface area contributed by atoms with Gasteiger partial charge in [-0.05, 0) is 39.0 Å². The van der Waals surface area contributed by atoms with Crippen LogP contribution in [0.15, 0.2) is 40.2 Å². The lowest BCUT2D eigenvalue weighted by molar-refractivity contribution is -0.119. The van der Waals surface area contributed by atoms with E-state index in [9.17, 15) is 9.59 Å². The molecule has 0 aliphatic rings. The molecule has 2 N–H and O–H groups in total. The van der Waals surface area contributed by atoms with Crippen molar-refractivity contribution < 1.29 is 9.59 Å². The van der Waals surface area contributed by atoms with E-state index < -0.39 is 0 Å². The van der Waals surface area contributed by atoms with Gasteiger partial charge in [-0.25, -0.2) is 0 Å². The summed E-state index contributed by atoms with van der Waals surface area (Å²) in [4.78, 5) is 24.3. The van der Waals surface area contributed by atoms with Crippen LogP contribution in [0.4, 0.5) is 5.69 Å². The van der Waals surface area contributed by atoms with Gasteiger partial charge in [0, 0.05) is 17.2 Å². The summed E-state index contributed by atoms with van der Waals surface area (Å²) >= 11 is 4.70. The Balaban J connectivity index is 2.19. The Labute approximate surface area is 129 Å². The van der Waals surface area contributed by atoms with Gasteiger partial charge >= 0.3 is 0 Å².